The first-order valence-electron chi connectivity index (χ1n) is 4.43. The van der Waals surface area contributed by atoms with E-state index in [-0.39, 0.29) is 17.3 Å². The van der Waals surface area contributed by atoms with Crippen LogP contribution >= 0.6 is 11.6 Å². The Hall–Kier alpha value is -1.29. The lowest BCUT2D eigenvalue weighted by molar-refractivity contribution is -0.140. The number of nitrogens with one attached hydrogen (secondary N) is 1. The molecule has 1 atom stereocenters. The molecule has 0 radical (unpaired) electrons. The second kappa shape index (κ2) is 4.98. The third-order valence-corrected chi connectivity index (χ3v) is 2.26. The molecule has 0 amide bonds. The van der Waals surface area contributed by atoms with Crippen LogP contribution in [0.1, 0.15) is 6.92 Å². The smallest absolute Gasteiger partial charge is 0.308 e. The molecule has 1 rings (SSSR count). The van der Waals surface area contributed by atoms with Crippen LogP contribution in [0.5, 0.6) is 0 Å². The van der Waals surface area contributed by atoms with Crippen LogP contribution in [0.3, 0.4) is 0 Å². The van der Waals surface area contributed by atoms with Gasteiger partial charge in [-0.2, -0.15) is 0 Å². The van der Waals surface area contributed by atoms with Gasteiger partial charge in [-0.25, -0.2) is 4.39 Å². The van der Waals surface area contributed by atoms with Crippen molar-refractivity contribution in [1.29, 1.82) is 0 Å². The third-order valence-electron chi connectivity index (χ3n) is 1.97. The first kappa shape index (κ1) is 11.8. The lowest BCUT2D eigenvalue weighted by Gasteiger charge is -2.10. The molecule has 0 aromatic heterocycles. The molecule has 0 bridgehead atoms. The molecule has 0 spiro atoms. The van der Waals surface area contributed by atoms with Gasteiger partial charge in [0.1, 0.15) is 0 Å². The summed E-state index contributed by atoms with van der Waals surface area (Å²) in [4.78, 5) is 10.5. The van der Waals surface area contributed by atoms with Crippen molar-refractivity contribution in [1.82, 2.24) is 0 Å². The lowest BCUT2D eigenvalue weighted by atomic mass is 10.2. The van der Waals surface area contributed by atoms with E-state index in [0.717, 1.165) is 0 Å². The normalized spacial score (nSPS) is 12.2. The summed E-state index contributed by atoms with van der Waals surface area (Å²) in [6.45, 7) is 1.70. The molecule has 5 heteroatoms. The van der Waals surface area contributed by atoms with Gasteiger partial charge in [0.05, 0.1) is 16.6 Å². The van der Waals surface area contributed by atoms with Gasteiger partial charge in [0, 0.05) is 6.54 Å². The Morgan fingerprint density at radius 3 is 2.93 bits per heavy atom. The summed E-state index contributed by atoms with van der Waals surface area (Å²) < 4.78 is 13.3. The molecule has 3 nitrogen and oxygen atoms in total. The third kappa shape index (κ3) is 3.09. The highest BCUT2D eigenvalue weighted by atomic mass is 35.5. The summed E-state index contributed by atoms with van der Waals surface area (Å²) in [5, 5.41) is 11.3. The van der Waals surface area contributed by atoms with Crippen molar-refractivity contribution >= 4 is 23.3 Å². The monoisotopic (exact) mass is 231 g/mol. The zero-order valence-electron chi connectivity index (χ0n) is 8.13. The Morgan fingerprint density at radius 2 is 2.33 bits per heavy atom. The second-order valence-corrected chi connectivity index (χ2v) is 3.63. The van der Waals surface area contributed by atoms with Gasteiger partial charge in [0.2, 0.25) is 0 Å². The standard InChI is InChI=1S/C10H11ClFNO2/c1-6(10(14)15)5-13-8-4-2-3-7(11)9(8)12/h2-4,6,13H,5H2,1H3,(H,14,15). The lowest BCUT2D eigenvalue weighted by Crippen LogP contribution is -2.20. The molecule has 0 fully saturated rings. The number of hydrogen-bond acceptors (Lipinski definition) is 2. The Morgan fingerprint density at radius 1 is 1.67 bits per heavy atom. The first-order chi connectivity index (χ1) is 7.02. The molecule has 0 aliphatic rings. The number of carboxylic acids is 1. The maximum absolute atomic E-state index is 13.3. The van der Waals surface area contributed by atoms with E-state index in [1.807, 2.05) is 0 Å². The Balaban J connectivity index is 2.66. The summed E-state index contributed by atoms with van der Waals surface area (Å²) in [7, 11) is 0. The van der Waals surface area contributed by atoms with Gasteiger partial charge in [-0.1, -0.05) is 24.6 Å². The predicted molar refractivity (Wildman–Crippen MR) is 56.7 cm³/mol. The average Bonchev–Trinajstić information content (AvgIpc) is 2.19. The number of aliphatic carboxylic acids is 1. The molecular formula is C10H11ClFNO2. The second-order valence-electron chi connectivity index (χ2n) is 3.22. The molecule has 0 aliphatic carbocycles. The van der Waals surface area contributed by atoms with Crippen LogP contribution in [-0.2, 0) is 4.79 Å². The van der Waals surface area contributed by atoms with E-state index in [4.69, 9.17) is 16.7 Å². The van der Waals surface area contributed by atoms with Crippen LogP contribution in [0.25, 0.3) is 0 Å². The van der Waals surface area contributed by atoms with Crippen molar-refractivity contribution in [3.05, 3.63) is 29.0 Å². The van der Waals surface area contributed by atoms with E-state index in [0.29, 0.717) is 0 Å². The minimum Gasteiger partial charge on any atom is -0.481 e. The van der Waals surface area contributed by atoms with E-state index >= 15 is 0 Å². The van der Waals surface area contributed by atoms with Gasteiger partial charge in [0.25, 0.3) is 0 Å². The molecule has 2 N–H and O–H groups in total. The van der Waals surface area contributed by atoms with Gasteiger partial charge in [-0.15, -0.1) is 0 Å². The summed E-state index contributed by atoms with van der Waals surface area (Å²) in [6.07, 6.45) is 0. The molecule has 0 saturated heterocycles. The first-order valence-corrected chi connectivity index (χ1v) is 4.81. The van der Waals surface area contributed by atoms with Crippen LogP contribution in [0, 0.1) is 11.7 Å². The van der Waals surface area contributed by atoms with Crippen molar-refractivity contribution in [2.24, 2.45) is 5.92 Å². The van der Waals surface area contributed by atoms with Crippen molar-refractivity contribution in [3.8, 4) is 0 Å². The average molecular weight is 232 g/mol. The molecular weight excluding hydrogens is 221 g/mol. The molecule has 0 aliphatic heterocycles. The Kier molecular flexibility index (Phi) is 3.91. The molecule has 82 valence electrons. The SMILES string of the molecule is CC(CNc1cccc(Cl)c1F)C(=O)O. The van der Waals surface area contributed by atoms with Crippen molar-refractivity contribution < 1.29 is 14.3 Å². The fourth-order valence-electron chi connectivity index (χ4n) is 0.991. The van der Waals surface area contributed by atoms with Crippen molar-refractivity contribution in [2.75, 3.05) is 11.9 Å². The largest absolute Gasteiger partial charge is 0.481 e. The van der Waals surface area contributed by atoms with E-state index in [2.05, 4.69) is 5.32 Å². The summed E-state index contributed by atoms with van der Waals surface area (Å²) >= 11 is 5.56. The maximum Gasteiger partial charge on any atom is 0.308 e. The predicted octanol–water partition coefficient (Wildman–Crippen LogP) is 2.61. The zero-order valence-corrected chi connectivity index (χ0v) is 8.88. The molecule has 1 aromatic carbocycles. The topological polar surface area (TPSA) is 49.3 Å². The van der Waals surface area contributed by atoms with Crippen LogP contribution in [0.4, 0.5) is 10.1 Å². The van der Waals surface area contributed by atoms with E-state index in [9.17, 15) is 9.18 Å². The summed E-state index contributed by atoms with van der Waals surface area (Å²) in [5.74, 6) is -2.06. The fourth-order valence-corrected chi connectivity index (χ4v) is 1.17. The minimum absolute atomic E-state index is 0.0166. The number of rotatable bonds is 4. The van der Waals surface area contributed by atoms with Crippen LogP contribution < -0.4 is 5.32 Å². The number of benzene rings is 1. The number of hydrogen-bond donors (Lipinski definition) is 2. The number of anilines is 1. The van der Waals surface area contributed by atoms with Crippen LogP contribution in [-0.4, -0.2) is 17.6 Å². The number of halogens is 2. The molecule has 1 unspecified atom stereocenters. The van der Waals surface area contributed by atoms with E-state index in [1.54, 1.807) is 6.07 Å². The van der Waals surface area contributed by atoms with Gasteiger partial charge in [0.15, 0.2) is 5.82 Å². The Labute approximate surface area is 91.9 Å². The number of carboxylic acid groups (broad SMARTS) is 1. The highest BCUT2D eigenvalue weighted by Crippen LogP contribution is 2.22. The molecule has 0 heterocycles. The van der Waals surface area contributed by atoms with Crippen molar-refractivity contribution in [2.45, 2.75) is 6.92 Å². The van der Waals surface area contributed by atoms with E-state index < -0.39 is 17.7 Å². The summed E-state index contributed by atoms with van der Waals surface area (Å²) in [6, 6.07) is 4.54. The summed E-state index contributed by atoms with van der Waals surface area (Å²) in [5.41, 5.74) is 0.218. The molecule has 0 saturated carbocycles. The maximum atomic E-state index is 13.3. The fraction of sp³-hybridized carbons (Fsp3) is 0.300. The van der Waals surface area contributed by atoms with Gasteiger partial charge < -0.3 is 10.4 Å². The quantitative estimate of drug-likeness (QED) is 0.838. The van der Waals surface area contributed by atoms with Gasteiger partial charge in [-0.05, 0) is 12.1 Å². The molecule has 1 aromatic rings. The van der Waals surface area contributed by atoms with E-state index in [1.165, 1.54) is 19.1 Å². The number of carbonyl (C=O) groups is 1. The highest BCUT2D eigenvalue weighted by Gasteiger charge is 2.12. The van der Waals surface area contributed by atoms with Gasteiger partial charge in [-0.3, -0.25) is 4.79 Å². The van der Waals surface area contributed by atoms with Crippen LogP contribution in [0.15, 0.2) is 18.2 Å². The molecule has 15 heavy (non-hydrogen) atoms. The Bertz CT molecular complexity index is 370. The van der Waals surface area contributed by atoms with Crippen LogP contribution in [0.2, 0.25) is 5.02 Å². The zero-order chi connectivity index (χ0) is 11.4. The highest BCUT2D eigenvalue weighted by molar-refractivity contribution is 6.31. The van der Waals surface area contributed by atoms with Crippen molar-refractivity contribution in [3.63, 3.8) is 0 Å². The minimum atomic E-state index is -0.926. The van der Waals surface area contributed by atoms with Gasteiger partial charge >= 0.3 is 5.97 Å².